The van der Waals surface area contributed by atoms with Crippen molar-refractivity contribution < 1.29 is 4.52 Å². The van der Waals surface area contributed by atoms with E-state index in [2.05, 4.69) is 10.1 Å². The van der Waals surface area contributed by atoms with Gasteiger partial charge in [0.05, 0.1) is 0 Å². The van der Waals surface area contributed by atoms with E-state index in [4.69, 9.17) is 10.3 Å². The average Bonchev–Trinajstić information content (AvgIpc) is 2.75. The molecule has 4 fully saturated rings. The summed E-state index contributed by atoms with van der Waals surface area (Å²) >= 11 is 0. The molecule has 4 bridgehead atoms. The van der Waals surface area contributed by atoms with Crippen LogP contribution in [0.4, 0.5) is 0 Å². The summed E-state index contributed by atoms with van der Waals surface area (Å²) in [6.45, 7) is 1.98. The molecular formula is C15H23N3O. The fourth-order valence-electron chi connectivity index (χ4n) is 5.21. The van der Waals surface area contributed by atoms with Crippen LogP contribution in [0.1, 0.15) is 57.2 Å². The highest BCUT2D eigenvalue weighted by Gasteiger charge is 2.53. The number of rotatable bonds is 3. The topological polar surface area (TPSA) is 64.9 Å². The van der Waals surface area contributed by atoms with Gasteiger partial charge in [0.15, 0.2) is 5.82 Å². The first-order chi connectivity index (χ1) is 9.13. The Morgan fingerprint density at radius 2 is 1.79 bits per heavy atom. The molecule has 4 heteroatoms. The third-order valence-corrected chi connectivity index (χ3v) is 5.48. The molecule has 4 aliphatic carbocycles. The molecule has 5 rings (SSSR count). The van der Waals surface area contributed by atoms with Gasteiger partial charge < -0.3 is 10.3 Å². The van der Waals surface area contributed by atoms with Crippen LogP contribution in [0.25, 0.3) is 0 Å². The molecule has 1 atom stereocenters. The SMILES string of the molecule is C[C@H](N)Cc1nc(C23CC4CC(CC(C4)C2)C3)no1. The van der Waals surface area contributed by atoms with Crippen molar-refractivity contribution in [2.75, 3.05) is 0 Å². The van der Waals surface area contributed by atoms with Crippen LogP contribution in [-0.2, 0) is 11.8 Å². The van der Waals surface area contributed by atoms with E-state index in [-0.39, 0.29) is 11.5 Å². The van der Waals surface area contributed by atoms with E-state index in [1.54, 1.807) is 0 Å². The average molecular weight is 261 g/mol. The molecule has 0 amide bonds. The van der Waals surface area contributed by atoms with E-state index in [9.17, 15) is 0 Å². The van der Waals surface area contributed by atoms with E-state index in [1.165, 1.54) is 38.5 Å². The quantitative estimate of drug-likeness (QED) is 0.907. The first kappa shape index (κ1) is 11.9. The fourth-order valence-corrected chi connectivity index (χ4v) is 5.21. The molecule has 4 aliphatic rings. The van der Waals surface area contributed by atoms with Crippen LogP contribution in [0.15, 0.2) is 4.52 Å². The van der Waals surface area contributed by atoms with E-state index < -0.39 is 0 Å². The van der Waals surface area contributed by atoms with Crippen molar-refractivity contribution in [1.29, 1.82) is 0 Å². The third kappa shape index (κ3) is 1.92. The monoisotopic (exact) mass is 261 g/mol. The molecule has 1 aromatic heterocycles. The molecule has 104 valence electrons. The Morgan fingerprint density at radius 1 is 1.21 bits per heavy atom. The maximum absolute atomic E-state index is 5.81. The summed E-state index contributed by atoms with van der Waals surface area (Å²) in [5, 5.41) is 4.32. The maximum atomic E-state index is 5.81. The molecule has 0 saturated heterocycles. The number of aromatic nitrogens is 2. The summed E-state index contributed by atoms with van der Waals surface area (Å²) < 4.78 is 5.42. The minimum atomic E-state index is 0.0877. The summed E-state index contributed by atoms with van der Waals surface area (Å²) in [5.74, 6) is 4.47. The van der Waals surface area contributed by atoms with Gasteiger partial charge in [-0.25, -0.2) is 0 Å². The Morgan fingerprint density at radius 3 is 2.32 bits per heavy atom. The molecule has 0 spiro atoms. The molecule has 1 heterocycles. The largest absolute Gasteiger partial charge is 0.339 e. The highest BCUT2D eigenvalue weighted by Crippen LogP contribution is 2.60. The lowest BCUT2D eigenvalue weighted by atomic mass is 9.49. The predicted molar refractivity (Wildman–Crippen MR) is 71.5 cm³/mol. The van der Waals surface area contributed by atoms with Gasteiger partial charge in [-0.3, -0.25) is 0 Å². The molecule has 19 heavy (non-hydrogen) atoms. The second kappa shape index (κ2) is 4.05. The van der Waals surface area contributed by atoms with Gasteiger partial charge in [-0.05, 0) is 63.2 Å². The molecule has 4 nitrogen and oxygen atoms in total. The predicted octanol–water partition coefficient (Wildman–Crippen LogP) is 2.43. The maximum Gasteiger partial charge on any atom is 0.228 e. The third-order valence-electron chi connectivity index (χ3n) is 5.48. The van der Waals surface area contributed by atoms with Gasteiger partial charge in [0.1, 0.15) is 0 Å². The highest BCUT2D eigenvalue weighted by atomic mass is 16.5. The second-order valence-electron chi connectivity index (χ2n) is 7.39. The van der Waals surface area contributed by atoms with E-state index >= 15 is 0 Å². The van der Waals surface area contributed by atoms with Crippen molar-refractivity contribution in [2.24, 2.45) is 23.5 Å². The molecule has 0 radical (unpaired) electrons. The van der Waals surface area contributed by atoms with Crippen molar-refractivity contribution in [2.45, 2.75) is 63.3 Å². The number of nitrogens with two attached hydrogens (primary N) is 1. The zero-order chi connectivity index (χ0) is 13.0. The van der Waals surface area contributed by atoms with Gasteiger partial charge in [-0.15, -0.1) is 0 Å². The van der Waals surface area contributed by atoms with Gasteiger partial charge in [-0.1, -0.05) is 5.16 Å². The van der Waals surface area contributed by atoms with Crippen LogP contribution < -0.4 is 5.73 Å². The smallest absolute Gasteiger partial charge is 0.228 e. The van der Waals surface area contributed by atoms with Gasteiger partial charge in [-0.2, -0.15) is 4.98 Å². The zero-order valence-electron chi connectivity index (χ0n) is 11.6. The molecule has 1 aromatic rings. The second-order valence-corrected chi connectivity index (χ2v) is 7.39. The van der Waals surface area contributed by atoms with Gasteiger partial charge in [0.25, 0.3) is 0 Å². The van der Waals surface area contributed by atoms with E-state index in [0.717, 1.165) is 29.5 Å². The lowest BCUT2D eigenvalue weighted by Crippen LogP contribution is -2.49. The summed E-state index contributed by atoms with van der Waals surface area (Å²) in [6.07, 6.45) is 8.90. The van der Waals surface area contributed by atoms with Crippen LogP contribution in [0.5, 0.6) is 0 Å². The fraction of sp³-hybridized carbons (Fsp3) is 0.867. The Hall–Kier alpha value is -0.900. The van der Waals surface area contributed by atoms with Crippen molar-refractivity contribution >= 4 is 0 Å². The Kier molecular flexibility index (Phi) is 2.53. The normalized spacial score (nSPS) is 41.7. The zero-order valence-corrected chi connectivity index (χ0v) is 11.6. The number of hydrogen-bond donors (Lipinski definition) is 1. The van der Waals surface area contributed by atoms with Crippen LogP contribution in [0.2, 0.25) is 0 Å². The molecule has 2 N–H and O–H groups in total. The minimum absolute atomic E-state index is 0.0877. The van der Waals surface area contributed by atoms with E-state index in [1.807, 2.05) is 6.92 Å². The van der Waals surface area contributed by atoms with Crippen LogP contribution in [0, 0.1) is 17.8 Å². The first-order valence-electron chi connectivity index (χ1n) is 7.71. The van der Waals surface area contributed by atoms with Crippen molar-refractivity contribution in [3.63, 3.8) is 0 Å². The van der Waals surface area contributed by atoms with Crippen LogP contribution >= 0.6 is 0 Å². The summed E-state index contributed by atoms with van der Waals surface area (Å²) in [6, 6.07) is 0.0877. The minimum Gasteiger partial charge on any atom is -0.339 e. The Bertz CT molecular complexity index is 444. The van der Waals surface area contributed by atoms with Crippen LogP contribution in [0.3, 0.4) is 0 Å². The molecule has 0 aromatic carbocycles. The molecule has 0 aliphatic heterocycles. The lowest BCUT2D eigenvalue weighted by molar-refractivity contribution is -0.0103. The van der Waals surface area contributed by atoms with Crippen LogP contribution in [-0.4, -0.2) is 16.2 Å². The number of hydrogen-bond acceptors (Lipinski definition) is 4. The van der Waals surface area contributed by atoms with Crippen molar-refractivity contribution in [1.82, 2.24) is 10.1 Å². The Balaban J connectivity index is 1.62. The van der Waals surface area contributed by atoms with Gasteiger partial charge in [0, 0.05) is 17.9 Å². The van der Waals surface area contributed by atoms with Gasteiger partial charge in [0.2, 0.25) is 5.89 Å². The van der Waals surface area contributed by atoms with Crippen molar-refractivity contribution in [3.05, 3.63) is 11.7 Å². The molecule has 0 unspecified atom stereocenters. The summed E-state index contributed by atoms with van der Waals surface area (Å²) in [4.78, 5) is 4.68. The number of nitrogens with zero attached hydrogens (tertiary/aromatic N) is 2. The Labute approximate surface area is 114 Å². The first-order valence-corrected chi connectivity index (χ1v) is 7.71. The van der Waals surface area contributed by atoms with Gasteiger partial charge >= 0.3 is 0 Å². The highest BCUT2D eigenvalue weighted by molar-refractivity contribution is 5.16. The standard InChI is InChI=1S/C15H23N3O/c1-9(16)2-13-17-14(18-19-13)15-6-10-3-11(7-15)5-12(4-10)8-15/h9-12H,2-8,16H2,1H3/t9-,10?,11?,12?,15?/m0/s1. The van der Waals surface area contributed by atoms with E-state index in [0.29, 0.717) is 6.42 Å². The molecular weight excluding hydrogens is 238 g/mol. The van der Waals surface area contributed by atoms with Crippen molar-refractivity contribution in [3.8, 4) is 0 Å². The lowest BCUT2D eigenvalue weighted by Gasteiger charge is -2.55. The summed E-state index contributed by atoms with van der Waals surface area (Å²) in [7, 11) is 0. The molecule has 4 saturated carbocycles. The summed E-state index contributed by atoms with van der Waals surface area (Å²) in [5.41, 5.74) is 6.06.